The number of carbonyl (C=O) groups is 3. The van der Waals surface area contributed by atoms with Crippen molar-refractivity contribution in [1.82, 2.24) is 10.6 Å². The number of fused-ring (bicyclic) bond motifs is 3. The molecule has 0 spiro atoms. The van der Waals surface area contributed by atoms with Gasteiger partial charge in [-0.3, -0.25) is 4.79 Å². The Bertz CT molecular complexity index is 1060. The van der Waals surface area contributed by atoms with E-state index in [9.17, 15) is 19.5 Å². The first-order valence-electron chi connectivity index (χ1n) is 11.6. The Morgan fingerprint density at radius 1 is 0.971 bits per heavy atom. The highest BCUT2D eigenvalue weighted by atomic mass is 16.5. The van der Waals surface area contributed by atoms with E-state index in [0.717, 1.165) is 22.3 Å². The Morgan fingerprint density at radius 3 is 1.97 bits per heavy atom. The molecule has 0 fully saturated rings. The highest BCUT2D eigenvalue weighted by Crippen LogP contribution is 2.44. The van der Waals surface area contributed by atoms with Gasteiger partial charge in [-0.1, -0.05) is 48.5 Å². The van der Waals surface area contributed by atoms with E-state index in [2.05, 4.69) is 22.8 Å². The molecule has 0 saturated carbocycles. The molecule has 2 aromatic rings. The first-order chi connectivity index (χ1) is 16.4. The Kier molecular flexibility index (Phi) is 7.55. The predicted molar refractivity (Wildman–Crippen MR) is 132 cm³/mol. The number of carboxylic acids is 1. The van der Waals surface area contributed by atoms with Crippen molar-refractivity contribution < 1.29 is 29.0 Å². The Labute approximate surface area is 206 Å². The van der Waals surface area contributed by atoms with Crippen LogP contribution >= 0.6 is 0 Å². The van der Waals surface area contributed by atoms with Crippen molar-refractivity contribution in [3.63, 3.8) is 0 Å². The lowest BCUT2D eigenvalue weighted by Gasteiger charge is -2.41. The largest absolute Gasteiger partial charge is 0.480 e. The second kappa shape index (κ2) is 10.1. The van der Waals surface area contributed by atoms with Gasteiger partial charge >= 0.3 is 12.1 Å². The van der Waals surface area contributed by atoms with Crippen LogP contribution in [0.2, 0.25) is 0 Å². The van der Waals surface area contributed by atoms with Crippen molar-refractivity contribution in [3.8, 4) is 11.1 Å². The molecule has 3 rings (SSSR count). The third-order valence-corrected chi connectivity index (χ3v) is 7.28. The van der Waals surface area contributed by atoms with Crippen LogP contribution in [0.25, 0.3) is 11.1 Å². The summed E-state index contributed by atoms with van der Waals surface area (Å²) in [6.07, 6.45) is -1.39. The van der Waals surface area contributed by atoms with Gasteiger partial charge in [0.25, 0.3) is 0 Å². The van der Waals surface area contributed by atoms with Gasteiger partial charge in [-0.15, -0.1) is 0 Å². The molecule has 0 bridgehead atoms. The highest BCUT2D eigenvalue weighted by Gasteiger charge is 2.46. The molecule has 0 aromatic heterocycles. The third kappa shape index (κ3) is 5.17. The normalized spacial score (nSPS) is 14.9. The quantitative estimate of drug-likeness (QED) is 0.499. The van der Waals surface area contributed by atoms with Crippen LogP contribution in [0.4, 0.5) is 4.79 Å². The second-order valence-corrected chi connectivity index (χ2v) is 9.93. The maximum atomic E-state index is 13.0. The molecular formula is C27H34N2O6. The van der Waals surface area contributed by atoms with Crippen molar-refractivity contribution in [2.45, 2.75) is 58.2 Å². The van der Waals surface area contributed by atoms with Gasteiger partial charge in [-0.05, 0) is 56.9 Å². The summed E-state index contributed by atoms with van der Waals surface area (Å²) in [6.45, 7) is 8.39. The zero-order valence-corrected chi connectivity index (χ0v) is 21.0. The maximum absolute atomic E-state index is 13.0. The molecule has 35 heavy (non-hydrogen) atoms. The minimum absolute atomic E-state index is 0.0839. The summed E-state index contributed by atoms with van der Waals surface area (Å²) in [7, 11) is 1.38. The Balaban J connectivity index is 1.68. The summed E-state index contributed by atoms with van der Waals surface area (Å²) in [6, 6.07) is 14.9. The van der Waals surface area contributed by atoms with Crippen LogP contribution in [0, 0.1) is 5.41 Å². The molecule has 0 heterocycles. The van der Waals surface area contributed by atoms with E-state index in [1.165, 1.54) is 7.11 Å². The number of carboxylic acid groups (broad SMARTS) is 1. The maximum Gasteiger partial charge on any atom is 0.407 e. The van der Waals surface area contributed by atoms with Crippen LogP contribution in [0.5, 0.6) is 0 Å². The first-order valence-corrected chi connectivity index (χ1v) is 11.6. The fourth-order valence-corrected chi connectivity index (χ4v) is 4.17. The molecule has 3 N–H and O–H groups in total. The van der Waals surface area contributed by atoms with Crippen molar-refractivity contribution >= 4 is 18.0 Å². The lowest BCUT2D eigenvalue weighted by Crippen LogP contribution is -2.62. The summed E-state index contributed by atoms with van der Waals surface area (Å²) in [4.78, 5) is 37.5. The van der Waals surface area contributed by atoms with Gasteiger partial charge in [0.1, 0.15) is 6.61 Å². The molecule has 2 unspecified atom stereocenters. The van der Waals surface area contributed by atoms with E-state index in [1.807, 2.05) is 36.4 Å². The molecule has 188 valence electrons. The van der Waals surface area contributed by atoms with Crippen molar-refractivity contribution in [3.05, 3.63) is 59.7 Å². The molecule has 2 atom stereocenters. The monoisotopic (exact) mass is 482 g/mol. The number of rotatable bonds is 9. The topological polar surface area (TPSA) is 114 Å². The summed E-state index contributed by atoms with van der Waals surface area (Å²) >= 11 is 0. The van der Waals surface area contributed by atoms with E-state index in [1.54, 1.807) is 34.6 Å². The molecule has 8 nitrogen and oxygen atoms in total. The molecule has 0 aliphatic heterocycles. The number of methoxy groups -OCH3 is 1. The molecule has 1 aliphatic rings. The van der Waals surface area contributed by atoms with Gasteiger partial charge in [0.2, 0.25) is 5.91 Å². The van der Waals surface area contributed by atoms with Crippen molar-refractivity contribution in [1.29, 1.82) is 0 Å². The van der Waals surface area contributed by atoms with Crippen molar-refractivity contribution in [2.75, 3.05) is 13.7 Å². The van der Waals surface area contributed by atoms with Gasteiger partial charge in [0.05, 0.1) is 17.1 Å². The number of hydrogen-bond donors (Lipinski definition) is 3. The van der Waals surface area contributed by atoms with Gasteiger partial charge < -0.3 is 25.2 Å². The molecule has 2 amide bonds. The zero-order valence-electron chi connectivity index (χ0n) is 21.0. The van der Waals surface area contributed by atoms with E-state index in [-0.39, 0.29) is 12.5 Å². The van der Waals surface area contributed by atoms with Crippen LogP contribution in [0.15, 0.2) is 48.5 Å². The average molecular weight is 483 g/mol. The zero-order chi connectivity index (χ0) is 26.0. The number of alkyl carbamates (subject to hydrolysis) is 1. The number of benzene rings is 2. The van der Waals surface area contributed by atoms with Crippen molar-refractivity contribution in [2.24, 2.45) is 5.41 Å². The highest BCUT2D eigenvalue weighted by molar-refractivity contribution is 5.89. The Morgan fingerprint density at radius 2 is 1.49 bits per heavy atom. The van der Waals surface area contributed by atoms with Gasteiger partial charge in [-0.25, -0.2) is 9.59 Å². The Hall–Kier alpha value is -3.39. The number of carbonyl (C=O) groups excluding carboxylic acids is 2. The minimum atomic E-state index is -1.22. The first kappa shape index (κ1) is 26.2. The fourth-order valence-electron chi connectivity index (χ4n) is 4.17. The van der Waals surface area contributed by atoms with E-state index >= 15 is 0 Å². The number of amides is 2. The summed E-state index contributed by atoms with van der Waals surface area (Å²) in [5, 5.41) is 14.8. The standard InChI is InChI=1S/C27H34N2O6/c1-16(34-6)22(23(30)31)28-24(32)26(2,3)27(4,5)29-25(33)35-15-21-19-13-9-7-11-17(19)18-12-8-10-14-20(18)21/h7-14,16,21-22H,15H2,1-6H3,(H,28,32)(H,29,33)(H,30,31). The molecule has 2 aromatic carbocycles. The second-order valence-electron chi connectivity index (χ2n) is 9.93. The molecule has 0 saturated heterocycles. The summed E-state index contributed by atoms with van der Waals surface area (Å²) in [5.74, 6) is -1.82. The SMILES string of the molecule is COC(C)C(NC(=O)C(C)(C)C(C)(C)NC(=O)OCC1c2ccccc2-c2ccccc21)C(=O)O. The van der Waals surface area contributed by atoms with Gasteiger partial charge in [-0.2, -0.15) is 0 Å². The van der Waals surface area contributed by atoms with Crippen LogP contribution in [-0.4, -0.2) is 54.5 Å². The number of hydrogen-bond acceptors (Lipinski definition) is 5. The number of aliphatic carboxylic acids is 1. The van der Waals surface area contributed by atoms with E-state index in [0.29, 0.717) is 0 Å². The third-order valence-electron chi connectivity index (χ3n) is 7.28. The minimum Gasteiger partial charge on any atom is -0.480 e. The molecule has 8 heteroatoms. The smallest absolute Gasteiger partial charge is 0.407 e. The van der Waals surface area contributed by atoms with Gasteiger partial charge in [0.15, 0.2) is 6.04 Å². The van der Waals surface area contributed by atoms with E-state index < -0.39 is 41.1 Å². The van der Waals surface area contributed by atoms with Crippen LogP contribution in [-0.2, 0) is 19.1 Å². The molecule has 1 aliphatic carbocycles. The predicted octanol–water partition coefficient (Wildman–Crippen LogP) is 3.93. The van der Waals surface area contributed by atoms with Gasteiger partial charge in [0, 0.05) is 13.0 Å². The number of ether oxygens (including phenoxy) is 2. The average Bonchev–Trinajstić information content (AvgIpc) is 3.13. The number of nitrogens with one attached hydrogen (secondary N) is 2. The fraction of sp³-hybridized carbons (Fsp3) is 0.444. The lowest BCUT2D eigenvalue weighted by atomic mass is 9.73. The van der Waals surface area contributed by atoms with Crippen LogP contribution in [0.1, 0.15) is 51.7 Å². The molecular weight excluding hydrogens is 448 g/mol. The summed E-state index contributed by atoms with van der Waals surface area (Å²) < 4.78 is 10.7. The summed E-state index contributed by atoms with van der Waals surface area (Å²) in [5.41, 5.74) is 2.25. The van der Waals surface area contributed by atoms with Crippen LogP contribution in [0.3, 0.4) is 0 Å². The molecule has 0 radical (unpaired) electrons. The lowest BCUT2D eigenvalue weighted by molar-refractivity contribution is -0.148. The van der Waals surface area contributed by atoms with Crippen LogP contribution < -0.4 is 10.6 Å². The van der Waals surface area contributed by atoms with E-state index in [4.69, 9.17) is 9.47 Å².